The molecule has 2 rings (SSSR count). The van der Waals surface area contributed by atoms with Crippen molar-refractivity contribution in [1.82, 2.24) is 10.2 Å². The molecule has 0 bridgehead atoms. The summed E-state index contributed by atoms with van der Waals surface area (Å²) in [6, 6.07) is 4.98. The molecule has 1 fully saturated rings. The first-order valence-corrected chi connectivity index (χ1v) is 8.53. The fraction of sp³-hybridized carbons (Fsp3) is 0.588. The van der Waals surface area contributed by atoms with Crippen LogP contribution < -0.4 is 10.6 Å². The van der Waals surface area contributed by atoms with E-state index in [1.165, 1.54) is 12.8 Å². The Hall–Kier alpha value is -1.30. The van der Waals surface area contributed by atoms with Gasteiger partial charge in [-0.25, -0.2) is 4.79 Å². The Morgan fingerprint density at radius 1 is 1.43 bits per heavy atom. The number of hydrogen-bond acceptors (Lipinski definition) is 3. The zero-order valence-corrected chi connectivity index (χ0v) is 14.6. The van der Waals surface area contributed by atoms with Crippen LogP contribution in [0.5, 0.6) is 0 Å². The smallest absolute Gasteiger partial charge is 0.319 e. The van der Waals surface area contributed by atoms with Crippen molar-refractivity contribution in [2.45, 2.75) is 32.8 Å². The first-order valence-electron chi connectivity index (χ1n) is 8.15. The van der Waals surface area contributed by atoms with Crippen molar-refractivity contribution >= 4 is 23.3 Å². The van der Waals surface area contributed by atoms with E-state index in [-0.39, 0.29) is 12.6 Å². The normalized spacial score (nSPS) is 17.7. The van der Waals surface area contributed by atoms with Gasteiger partial charge in [0.05, 0.1) is 6.10 Å². The topological polar surface area (TPSA) is 64.6 Å². The van der Waals surface area contributed by atoms with Gasteiger partial charge in [-0.05, 0) is 62.5 Å². The van der Waals surface area contributed by atoms with E-state index in [1.54, 1.807) is 18.2 Å². The number of piperidine rings is 1. The van der Waals surface area contributed by atoms with Gasteiger partial charge < -0.3 is 20.6 Å². The average Bonchev–Trinajstić information content (AvgIpc) is 2.50. The molecule has 1 aliphatic rings. The molecule has 0 aromatic heterocycles. The maximum absolute atomic E-state index is 11.9. The van der Waals surface area contributed by atoms with Gasteiger partial charge in [0.15, 0.2) is 0 Å². The van der Waals surface area contributed by atoms with E-state index in [0.717, 1.165) is 24.6 Å². The second-order valence-electron chi connectivity index (χ2n) is 6.43. The summed E-state index contributed by atoms with van der Waals surface area (Å²) in [4.78, 5) is 14.2. The summed E-state index contributed by atoms with van der Waals surface area (Å²) >= 11 is 5.89. The van der Waals surface area contributed by atoms with Gasteiger partial charge in [0.1, 0.15) is 0 Å². The summed E-state index contributed by atoms with van der Waals surface area (Å²) in [5, 5.41) is 16.2. The van der Waals surface area contributed by atoms with E-state index in [0.29, 0.717) is 17.3 Å². The Labute approximate surface area is 143 Å². The zero-order chi connectivity index (χ0) is 16.8. The average molecular weight is 340 g/mol. The van der Waals surface area contributed by atoms with Gasteiger partial charge in [0.2, 0.25) is 0 Å². The lowest BCUT2D eigenvalue weighted by atomic mass is 9.99. The molecule has 1 aliphatic heterocycles. The fourth-order valence-corrected chi connectivity index (χ4v) is 2.98. The van der Waals surface area contributed by atoms with E-state index < -0.39 is 6.10 Å². The molecule has 1 aromatic carbocycles. The van der Waals surface area contributed by atoms with Gasteiger partial charge in [-0.15, -0.1) is 0 Å². The number of β-amino-alcohol motifs (C(OH)–C–C–N with tert-alkyl or cyclic N) is 1. The number of carbonyl (C=O) groups is 1. The predicted octanol–water partition coefficient (Wildman–Crippen LogP) is 2.86. The number of aliphatic hydroxyl groups is 1. The third-order valence-corrected chi connectivity index (χ3v) is 4.52. The number of urea groups is 1. The second-order valence-corrected chi connectivity index (χ2v) is 6.87. The molecule has 1 atom stereocenters. The van der Waals surface area contributed by atoms with Crippen molar-refractivity contribution in [2.24, 2.45) is 5.92 Å². The Kier molecular flexibility index (Phi) is 6.69. The first-order chi connectivity index (χ1) is 10.9. The first kappa shape index (κ1) is 18.0. The number of likely N-dealkylation sites (tertiary alicyclic amines) is 1. The molecule has 23 heavy (non-hydrogen) atoms. The molecule has 0 saturated carbocycles. The van der Waals surface area contributed by atoms with Gasteiger partial charge in [0, 0.05) is 23.8 Å². The second kappa shape index (κ2) is 8.52. The van der Waals surface area contributed by atoms with Crippen molar-refractivity contribution in [3.63, 3.8) is 0 Å². The quantitative estimate of drug-likeness (QED) is 0.773. The Morgan fingerprint density at radius 3 is 2.78 bits per heavy atom. The van der Waals surface area contributed by atoms with Crippen molar-refractivity contribution in [1.29, 1.82) is 0 Å². The molecule has 3 N–H and O–H groups in total. The molecule has 6 heteroatoms. The molecule has 1 heterocycles. The zero-order valence-electron chi connectivity index (χ0n) is 13.8. The summed E-state index contributed by atoms with van der Waals surface area (Å²) in [6.45, 7) is 7.03. The predicted molar refractivity (Wildman–Crippen MR) is 94.1 cm³/mol. The van der Waals surface area contributed by atoms with E-state index in [4.69, 9.17) is 11.6 Å². The van der Waals surface area contributed by atoms with Crippen molar-refractivity contribution < 1.29 is 9.90 Å². The number of carbonyl (C=O) groups excluding carboxylic acids is 1. The highest BCUT2D eigenvalue weighted by atomic mass is 35.5. The van der Waals surface area contributed by atoms with Crippen LogP contribution in [0.25, 0.3) is 0 Å². The van der Waals surface area contributed by atoms with Crippen LogP contribution in [0.1, 0.15) is 25.3 Å². The highest BCUT2D eigenvalue weighted by Crippen LogP contribution is 2.19. The lowest BCUT2D eigenvalue weighted by molar-refractivity contribution is 0.0924. The van der Waals surface area contributed by atoms with Gasteiger partial charge in [-0.3, -0.25) is 0 Å². The maximum atomic E-state index is 11.9. The number of aryl methyl sites for hydroxylation is 1. The highest BCUT2D eigenvalue weighted by molar-refractivity contribution is 6.30. The van der Waals surface area contributed by atoms with Crippen LogP contribution >= 0.6 is 11.6 Å². The largest absolute Gasteiger partial charge is 0.390 e. The molecular formula is C17H26ClN3O2. The molecule has 0 radical (unpaired) electrons. The number of anilines is 1. The molecule has 0 aliphatic carbocycles. The standard InChI is InChI=1S/C17H26ClN3O2/c1-12-5-7-21(8-6-12)11-15(22)10-19-17(23)20-16-4-3-14(18)9-13(16)2/h3-4,9,12,15,22H,5-8,10-11H2,1-2H3,(H2,19,20,23). The van der Waals surface area contributed by atoms with Crippen LogP contribution in [-0.2, 0) is 0 Å². The lowest BCUT2D eigenvalue weighted by Gasteiger charge is -2.31. The van der Waals surface area contributed by atoms with E-state index >= 15 is 0 Å². The van der Waals surface area contributed by atoms with Gasteiger partial charge in [-0.1, -0.05) is 18.5 Å². The number of nitrogens with zero attached hydrogens (tertiary/aromatic N) is 1. The minimum absolute atomic E-state index is 0.241. The van der Waals surface area contributed by atoms with Crippen LogP contribution in [0, 0.1) is 12.8 Å². The summed E-state index contributed by atoms with van der Waals surface area (Å²) in [5.41, 5.74) is 1.61. The van der Waals surface area contributed by atoms with E-state index in [2.05, 4.69) is 22.5 Å². The molecule has 2 amide bonds. The van der Waals surface area contributed by atoms with Crippen LogP contribution in [0.2, 0.25) is 5.02 Å². The molecule has 1 unspecified atom stereocenters. The van der Waals surface area contributed by atoms with Crippen molar-refractivity contribution in [3.8, 4) is 0 Å². The van der Waals surface area contributed by atoms with E-state index in [9.17, 15) is 9.90 Å². The number of aliphatic hydroxyl groups excluding tert-OH is 1. The number of rotatable bonds is 5. The molecule has 1 saturated heterocycles. The molecule has 5 nitrogen and oxygen atoms in total. The van der Waals surface area contributed by atoms with Gasteiger partial charge in [-0.2, -0.15) is 0 Å². The Bertz CT molecular complexity index is 531. The summed E-state index contributed by atoms with van der Waals surface area (Å²) < 4.78 is 0. The SMILES string of the molecule is Cc1cc(Cl)ccc1NC(=O)NCC(O)CN1CCC(C)CC1. The monoisotopic (exact) mass is 339 g/mol. The fourth-order valence-electron chi connectivity index (χ4n) is 2.75. The Morgan fingerprint density at radius 2 is 2.13 bits per heavy atom. The van der Waals surface area contributed by atoms with Crippen molar-refractivity contribution in [2.75, 3.05) is 31.5 Å². The third-order valence-electron chi connectivity index (χ3n) is 4.28. The number of amides is 2. The van der Waals surface area contributed by atoms with Crippen LogP contribution in [0.4, 0.5) is 10.5 Å². The number of hydrogen-bond donors (Lipinski definition) is 3. The molecule has 128 valence electrons. The van der Waals surface area contributed by atoms with Crippen LogP contribution in [-0.4, -0.2) is 48.3 Å². The number of nitrogens with one attached hydrogen (secondary N) is 2. The molecule has 0 spiro atoms. The molecule has 1 aromatic rings. The third kappa shape index (κ3) is 6.01. The van der Waals surface area contributed by atoms with Gasteiger partial charge >= 0.3 is 6.03 Å². The van der Waals surface area contributed by atoms with E-state index in [1.807, 2.05) is 6.92 Å². The summed E-state index contributed by atoms with van der Waals surface area (Å²) in [6.07, 6.45) is 1.80. The minimum Gasteiger partial charge on any atom is -0.390 e. The summed E-state index contributed by atoms with van der Waals surface area (Å²) in [5.74, 6) is 0.773. The lowest BCUT2D eigenvalue weighted by Crippen LogP contribution is -2.43. The Balaban J connectivity index is 1.71. The van der Waals surface area contributed by atoms with Crippen LogP contribution in [0.3, 0.4) is 0 Å². The molecular weight excluding hydrogens is 314 g/mol. The van der Waals surface area contributed by atoms with Crippen molar-refractivity contribution in [3.05, 3.63) is 28.8 Å². The maximum Gasteiger partial charge on any atom is 0.319 e. The van der Waals surface area contributed by atoms with Crippen LogP contribution in [0.15, 0.2) is 18.2 Å². The minimum atomic E-state index is -0.555. The number of halogens is 1. The summed E-state index contributed by atoms with van der Waals surface area (Å²) in [7, 11) is 0. The highest BCUT2D eigenvalue weighted by Gasteiger charge is 2.18. The number of benzene rings is 1. The van der Waals surface area contributed by atoms with Gasteiger partial charge in [0.25, 0.3) is 0 Å².